The van der Waals surface area contributed by atoms with Crippen LogP contribution in [0.25, 0.3) is 0 Å². The number of benzene rings is 1. The molecule has 0 saturated heterocycles. The Balaban J connectivity index is 2.27. The lowest BCUT2D eigenvalue weighted by Crippen LogP contribution is -2.31. The van der Waals surface area contributed by atoms with Gasteiger partial charge in [0.05, 0.1) is 23.7 Å². The van der Waals surface area contributed by atoms with Crippen LogP contribution in [0.15, 0.2) is 44.8 Å². The fourth-order valence-corrected chi connectivity index (χ4v) is 3.41. The van der Waals surface area contributed by atoms with E-state index >= 15 is 0 Å². The normalized spacial score (nSPS) is 16.2. The maximum absolute atomic E-state index is 12.6. The maximum atomic E-state index is 12.6. The van der Waals surface area contributed by atoms with Crippen LogP contribution in [-0.4, -0.2) is 22.5 Å². The van der Waals surface area contributed by atoms with Crippen molar-refractivity contribution in [1.29, 1.82) is 0 Å². The predicted molar refractivity (Wildman–Crippen MR) is 101 cm³/mol. The summed E-state index contributed by atoms with van der Waals surface area (Å²) >= 11 is 8.46. The number of ether oxygens (including phenoxy) is 1. The number of allylic oxidation sites excluding steroid dienone is 1. The summed E-state index contributed by atoms with van der Waals surface area (Å²) < 4.78 is 6.34. The minimum atomic E-state index is -0.556. The molecule has 1 aromatic heterocycles. The summed E-state index contributed by atoms with van der Waals surface area (Å²) in [5.41, 5.74) is 1.91. The number of carbonyl (C=O) groups is 1. The second-order valence-corrected chi connectivity index (χ2v) is 6.89. The van der Waals surface area contributed by atoms with Crippen LogP contribution in [0.3, 0.4) is 0 Å². The number of rotatable bonds is 3. The van der Waals surface area contributed by atoms with Crippen molar-refractivity contribution in [2.75, 3.05) is 11.9 Å². The first-order chi connectivity index (χ1) is 11.9. The van der Waals surface area contributed by atoms with Crippen LogP contribution in [0.5, 0.6) is 0 Å². The van der Waals surface area contributed by atoms with E-state index in [2.05, 4.69) is 31.2 Å². The lowest BCUT2D eigenvalue weighted by molar-refractivity contribution is -0.138. The molecule has 0 fully saturated rings. The topological polar surface area (TPSA) is 87.0 Å². The van der Waals surface area contributed by atoms with Crippen LogP contribution in [0.2, 0.25) is 0 Å². The minimum absolute atomic E-state index is 0.221. The Morgan fingerprint density at radius 2 is 1.96 bits per heavy atom. The van der Waals surface area contributed by atoms with Gasteiger partial charge in [-0.1, -0.05) is 28.1 Å². The molecule has 1 aliphatic rings. The van der Waals surface area contributed by atoms with Gasteiger partial charge < -0.3 is 15.0 Å². The number of nitrogens with one attached hydrogen (secondary N) is 3. The third-order valence-corrected chi connectivity index (χ3v) is 4.70. The molecular weight excluding hydrogens is 406 g/mol. The van der Waals surface area contributed by atoms with Crippen molar-refractivity contribution >= 4 is 39.9 Å². The fourth-order valence-electron chi connectivity index (χ4n) is 2.95. The number of esters is 1. The molecule has 1 atom stereocenters. The molecule has 3 N–H and O–H groups in total. The Bertz CT molecular complexity index is 976. The molecule has 0 bridgehead atoms. The molecule has 0 amide bonds. The molecule has 1 aliphatic heterocycles. The Morgan fingerprint density at radius 1 is 1.28 bits per heavy atom. The number of hydrogen-bond acceptors (Lipinski definition) is 5. The van der Waals surface area contributed by atoms with Gasteiger partial charge >= 0.3 is 5.97 Å². The third kappa shape index (κ3) is 3.32. The lowest BCUT2D eigenvalue weighted by Gasteiger charge is -2.28. The third-order valence-electron chi connectivity index (χ3n) is 3.97. The van der Waals surface area contributed by atoms with E-state index in [9.17, 15) is 9.59 Å². The molecular formula is C17H16BrN3O3S. The average molecular weight is 422 g/mol. The molecule has 1 aromatic carbocycles. The first-order valence-corrected chi connectivity index (χ1v) is 8.89. The highest BCUT2D eigenvalue weighted by molar-refractivity contribution is 9.10. The average Bonchev–Trinajstić information content (AvgIpc) is 2.54. The number of fused-ring (bicyclic) bond motifs is 1. The molecule has 2 aromatic rings. The van der Waals surface area contributed by atoms with Crippen LogP contribution in [0, 0.1) is 4.77 Å². The summed E-state index contributed by atoms with van der Waals surface area (Å²) in [6.45, 7) is 3.78. The van der Waals surface area contributed by atoms with Gasteiger partial charge in [-0.3, -0.25) is 9.78 Å². The molecule has 8 heteroatoms. The Hall–Kier alpha value is -2.19. The summed E-state index contributed by atoms with van der Waals surface area (Å²) in [6.07, 6.45) is 0. The van der Waals surface area contributed by atoms with Crippen LogP contribution in [-0.2, 0) is 9.53 Å². The Labute approximate surface area is 157 Å². The smallest absolute Gasteiger partial charge is 0.336 e. The molecule has 0 aliphatic carbocycles. The van der Waals surface area contributed by atoms with E-state index in [1.54, 1.807) is 13.8 Å². The highest BCUT2D eigenvalue weighted by Gasteiger charge is 2.35. The molecule has 2 heterocycles. The zero-order valence-electron chi connectivity index (χ0n) is 13.6. The van der Waals surface area contributed by atoms with Gasteiger partial charge in [-0.15, -0.1) is 0 Å². The van der Waals surface area contributed by atoms with Crippen LogP contribution < -0.4 is 10.9 Å². The molecule has 25 heavy (non-hydrogen) atoms. The number of halogens is 1. The predicted octanol–water partition coefficient (Wildman–Crippen LogP) is 3.59. The first-order valence-electron chi connectivity index (χ1n) is 7.69. The summed E-state index contributed by atoms with van der Waals surface area (Å²) in [5, 5.41) is 3.07. The standard InChI is InChI=1S/C17H16BrN3O3S/c1-3-24-16(23)11-8(2)19-14-13(15(22)21-17(25)20-14)12(11)9-4-6-10(18)7-5-9/h4-7,12H,3H2,1-2H3,(H3,19,20,21,22,25)/t12-/m0/s1. The molecule has 0 radical (unpaired) electrons. The Morgan fingerprint density at radius 3 is 2.60 bits per heavy atom. The van der Waals surface area contributed by atoms with Gasteiger partial charge in [-0.25, -0.2) is 4.79 Å². The zero-order valence-corrected chi connectivity index (χ0v) is 16.0. The van der Waals surface area contributed by atoms with Gasteiger partial charge in [-0.05, 0) is 43.8 Å². The largest absolute Gasteiger partial charge is 0.463 e. The SMILES string of the molecule is CCOC(=O)C1=C(C)Nc2[nH]c(=S)[nH]c(=O)c2[C@H]1c1ccc(Br)cc1. The van der Waals surface area contributed by atoms with E-state index in [1.165, 1.54) is 0 Å². The fraction of sp³-hybridized carbons (Fsp3) is 0.235. The van der Waals surface area contributed by atoms with E-state index in [4.69, 9.17) is 17.0 Å². The molecule has 0 unspecified atom stereocenters. The number of H-pyrrole nitrogens is 2. The van der Waals surface area contributed by atoms with Gasteiger partial charge in [-0.2, -0.15) is 0 Å². The van der Waals surface area contributed by atoms with Gasteiger partial charge in [0.15, 0.2) is 4.77 Å². The number of hydrogen-bond donors (Lipinski definition) is 3. The van der Waals surface area contributed by atoms with Gasteiger partial charge in [0, 0.05) is 10.2 Å². The Kier molecular flexibility index (Phi) is 4.91. The van der Waals surface area contributed by atoms with Crippen LogP contribution in [0.4, 0.5) is 5.82 Å². The quantitative estimate of drug-likeness (QED) is 0.520. The van der Waals surface area contributed by atoms with Crippen molar-refractivity contribution in [2.24, 2.45) is 0 Å². The molecule has 0 saturated carbocycles. The van der Waals surface area contributed by atoms with Crippen molar-refractivity contribution in [1.82, 2.24) is 9.97 Å². The van der Waals surface area contributed by atoms with E-state index in [-0.39, 0.29) is 16.9 Å². The van der Waals surface area contributed by atoms with Crippen molar-refractivity contribution in [3.8, 4) is 0 Å². The highest BCUT2D eigenvalue weighted by Crippen LogP contribution is 2.39. The molecule has 3 rings (SSSR count). The monoisotopic (exact) mass is 421 g/mol. The second-order valence-electron chi connectivity index (χ2n) is 5.57. The number of aromatic nitrogens is 2. The van der Waals surface area contributed by atoms with Crippen molar-refractivity contribution in [3.05, 3.63) is 66.3 Å². The van der Waals surface area contributed by atoms with Crippen molar-refractivity contribution in [2.45, 2.75) is 19.8 Å². The van der Waals surface area contributed by atoms with E-state index < -0.39 is 11.9 Å². The zero-order chi connectivity index (χ0) is 18.1. The first kappa shape index (κ1) is 17.6. The van der Waals surface area contributed by atoms with Crippen molar-refractivity contribution < 1.29 is 9.53 Å². The van der Waals surface area contributed by atoms with Crippen molar-refractivity contribution in [3.63, 3.8) is 0 Å². The molecule has 0 spiro atoms. The minimum Gasteiger partial charge on any atom is -0.463 e. The van der Waals surface area contributed by atoms with E-state index in [0.29, 0.717) is 22.7 Å². The van der Waals surface area contributed by atoms with Gasteiger partial charge in [0.1, 0.15) is 5.82 Å². The summed E-state index contributed by atoms with van der Waals surface area (Å²) in [6, 6.07) is 7.48. The summed E-state index contributed by atoms with van der Waals surface area (Å²) in [5.74, 6) is -0.515. The van der Waals surface area contributed by atoms with Crippen LogP contribution in [0.1, 0.15) is 30.9 Å². The molecule has 6 nitrogen and oxygen atoms in total. The van der Waals surface area contributed by atoms with E-state index in [0.717, 1.165) is 10.0 Å². The van der Waals surface area contributed by atoms with Gasteiger partial charge in [0.2, 0.25) is 0 Å². The summed E-state index contributed by atoms with van der Waals surface area (Å²) in [7, 11) is 0. The number of aromatic amines is 2. The number of carbonyl (C=O) groups excluding carboxylic acids is 1. The highest BCUT2D eigenvalue weighted by atomic mass is 79.9. The van der Waals surface area contributed by atoms with Gasteiger partial charge in [0.25, 0.3) is 5.56 Å². The second kappa shape index (κ2) is 6.97. The lowest BCUT2D eigenvalue weighted by atomic mass is 9.82. The summed E-state index contributed by atoms with van der Waals surface area (Å²) in [4.78, 5) is 30.7. The van der Waals surface area contributed by atoms with E-state index in [1.807, 2.05) is 24.3 Å². The molecule has 130 valence electrons. The maximum Gasteiger partial charge on any atom is 0.336 e. The van der Waals surface area contributed by atoms with Crippen LogP contribution >= 0.6 is 28.1 Å². The number of anilines is 1.